The molecular formula is C19H19NO. The fourth-order valence-corrected chi connectivity index (χ4v) is 2.43. The molecule has 0 fully saturated rings. The monoisotopic (exact) mass is 277 g/mol. The predicted molar refractivity (Wildman–Crippen MR) is 86.6 cm³/mol. The zero-order valence-electron chi connectivity index (χ0n) is 12.2. The summed E-state index contributed by atoms with van der Waals surface area (Å²) >= 11 is 0. The van der Waals surface area contributed by atoms with Crippen molar-refractivity contribution in [2.45, 2.75) is 13.3 Å². The van der Waals surface area contributed by atoms with Crippen LogP contribution in [0.4, 0.5) is 0 Å². The van der Waals surface area contributed by atoms with Gasteiger partial charge in [0.15, 0.2) is 0 Å². The summed E-state index contributed by atoms with van der Waals surface area (Å²) < 4.78 is 5.77. The van der Waals surface area contributed by atoms with Gasteiger partial charge < -0.3 is 9.72 Å². The highest BCUT2D eigenvalue weighted by Crippen LogP contribution is 2.22. The summed E-state index contributed by atoms with van der Waals surface area (Å²) in [6, 6.07) is 22.6. The van der Waals surface area contributed by atoms with Crippen LogP contribution in [-0.4, -0.2) is 11.6 Å². The Hall–Kier alpha value is -2.48. The van der Waals surface area contributed by atoms with Gasteiger partial charge in [0.25, 0.3) is 0 Å². The second-order valence-corrected chi connectivity index (χ2v) is 5.11. The maximum atomic E-state index is 5.77. The summed E-state index contributed by atoms with van der Waals surface area (Å²) in [5.74, 6) is 0.925. The Morgan fingerprint density at radius 2 is 1.57 bits per heavy atom. The Balaban J connectivity index is 1.65. The summed E-state index contributed by atoms with van der Waals surface area (Å²) in [6.07, 6.45) is 0.907. The minimum Gasteiger partial charge on any atom is -0.493 e. The van der Waals surface area contributed by atoms with Gasteiger partial charge in [0.1, 0.15) is 5.75 Å². The smallest absolute Gasteiger partial charge is 0.119 e. The topological polar surface area (TPSA) is 25.0 Å². The van der Waals surface area contributed by atoms with Crippen LogP contribution >= 0.6 is 0 Å². The van der Waals surface area contributed by atoms with E-state index in [4.69, 9.17) is 4.74 Å². The van der Waals surface area contributed by atoms with Gasteiger partial charge in [-0.25, -0.2) is 0 Å². The van der Waals surface area contributed by atoms with E-state index >= 15 is 0 Å². The molecule has 0 aliphatic heterocycles. The molecule has 1 aromatic heterocycles. The number of hydrogen-bond donors (Lipinski definition) is 1. The van der Waals surface area contributed by atoms with Crippen LogP contribution in [0, 0.1) is 6.92 Å². The molecule has 0 bridgehead atoms. The number of aromatic nitrogens is 1. The lowest BCUT2D eigenvalue weighted by atomic mass is 10.1. The van der Waals surface area contributed by atoms with Crippen LogP contribution in [0.2, 0.25) is 0 Å². The summed E-state index contributed by atoms with van der Waals surface area (Å²) in [5.41, 5.74) is 4.91. The van der Waals surface area contributed by atoms with Crippen molar-refractivity contribution >= 4 is 0 Å². The van der Waals surface area contributed by atoms with Crippen LogP contribution in [0.15, 0.2) is 66.7 Å². The molecule has 1 heterocycles. The van der Waals surface area contributed by atoms with Gasteiger partial charge in [0.2, 0.25) is 0 Å². The molecule has 1 N–H and O–H groups in total. The molecule has 0 aliphatic carbocycles. The summed E-state index contributed by atoms with van der Waals surface area (Å²) in [4.78, 5) is 3.45. The number of nitrogens with one attached hydrogen (secondary N) is 1. The highest BCUT2D eigenvalue weighted by molar-refractivity contribution is 5.61. The maximum Gasteiger partial charge on any atom is 0.119 e. The Morgan fingerprint density at radius 3 is 2.29 bits per heavy atom. The molecule has 0 unspecified atom stereocenters. The van der Waals surface area contributed by atoms with E-state index < -0.39 is 0 Å². The van der Waals surface area contributed by atoms with Crippen LogP contribution in [0.5, 0.6) is 5.75 Å². The van der Waals surface area contributed by atoms with Crippen molar-refractivity contribution in [2.75, 3.05) is 6.61 Å². The first-order chi connectivity index (χ1) is 10.3. The van der Waals surface area contributed by atoms with Gasteiger partial charge in [-0.15, -0.1) is 0 Å². The van der Waals surface area contributed by atoms with Gasteiger partial charge >= 0.3 is 0 Å². The molecule has 0 amide bonds. The van der Waals surface area contributed by atoms with Crippen molar-refractivity contribution in [3.63, 3.8) is 0 Å². The van der Waals surface area contributed by atoms with Crippen LogP contribution in [0.1, 0.15) is 11.3 Å². The third-order valence-corrected chi connectivity index (χ3v) is 3.59. The molecular weight excluding hydrogens is 258 g/mol. The predicted octanol–water partition coefficient (Wildman–Crippen LogP) is 4.61. The van der Waals surface area contributed by atoms with Crippen LogP contribution in [-0.2, 0) is 6.42 Å². The number of aryl methyl sites for hydroxylation is 1. The van der Waals surface area contributed by atoms with E-state index in [-0.39, 0.29) is 0 Å². The van der Waals surface area contributed by atoms with Crippen LogP contribution in [0.25, 0.3) is 11.3 Å². The van der Waals surface area contributed by atoms with Gasteiger partial charge in [-0.1, -0.05) is 48.5 Å². The molecule has 0 atom stereocenters. The molecule has 106 valence electrons. The maximum absolute atomic E-state index is 5.77. The summed E-state index contributed by atoms with van der Waals surface area (Å²) in [5, 5.41) is 0. The fraction of sp³-hybridized carbons (Fsp3) is 0.158. The van der Waals surface area contributed by atoms with E-state index in [1.165, 1.54) is 22.5 Å². The minimum atomic E-state index is 0.691. The molecule has 21 heavy (non-hydrogen) atoms. The Labute approximate surface area is 125 Å². The molecule has 2 heteroatoms. The molecule has 3 rings (SSSR count). The van der Waals surface area contributed by atoms with Gasteiger partial charge in [0, 0.05) is 17.8 Å². The van der Waals surface area contributed by atoms with E-state index in [0.717, 1.165) is 12.2 Å². The molecule has 0 aliphatic rings. The average Bonchev–Trinajstić information content (AvgIpc) is 2.91. The summed E-state index contributed by atoms with van der Waals surface area (Å²) in [6.45, 7) is 2.81. The van der Waals surface area contributed by atoms with Crippen molar-refractivity contribution in [1.82, 2.24) is 4.98 Å². The zero-order valence-corrected chi connectivity index (χ0v) is 12.2. The lowest BCUT2D eigenvalue weighted by Gasteiger charge is -2.05. The highest BCUT2D eigenvalue weighted by Gasteiger charge is 2.06. The van der Waals surface area contributed by atoms with Gasteiger partial charge in [-0.05, 0) is 36.2 Å². The molecule has 3 aromatic rings. The van der Waals surface area contributed by atoms with Crippen molar-refractivity contribution in [2.24, 2.45) is 0 Å². The third-order valence-electron chi connectivity index (χ3n) is 3.59. The molecule has 0 radical (unpaired) electrons. The molecule has 0 saturated heterocycles. The second-order valence-electron chi connectivity index (χ2n) is 5.11. The minimum absolute atomic E-state index is 0.691. The number of benzene rings is 2. The van der Waals surface area contributed by atoms with Crippen LogP contribution < -0.4 is 4.74 Å². The first kappa shape index (κ1) is 13.5. The van der Waals surface area contributed by atoms with Gasteiger partial charge in [0.05, 0.1) is 6.61 Å². The molecule has 0 spiro atoms. The van der Waals surface area contributed by atoms with E-state index in [9.17, 15) is 0 Å². The number of aromatic amines is 1. The fourth-order valence-electron chi connectivity index (χ4n) is 2.43. The Kier molecular flexibility index (Phi) is 4.06. The quantitative estimate of drug-likeness (QED) is 0.723. The van der Waals surface area contributed by atoms with Crippen LogP contribution in [0.3, 0.4) is 0 Å². The van der Waals surface area contributed by atoms with Crippen molar-refractivity contribution in [3.05, 3.63) is 78.0 Å². The van der Waals surface area contributed by atoms with Gasteiger partial charge in [-0.2, -0.15) is 0 Å². The lowest BCUT2D eigenvalue weighted by molar-refractivity contribution is 0.322. The average molecular weight is 277 g/mol. The van der Waals surface area contributed by atoms with E-state index in [2.05, 4.69) is 42.2 Å². The van der Waals surface area contributed by atoms with Gasteiger partial charge in [-0.3, -0.25) is 0 Å². The van der Waals surface area contributed by atoms with Crippen molar-refractivity contribution in [3.8, 4) is 17.0 Å². The first-order valence-corrected chi connectivity index (χ1v) is 7.25. The number of ether oxygens (including phenoxy) is 1. The number of H-pyrrole nitrogens is 1. The highest BCUT2D eigenvalue weighted by atomic mass is 16.5. The molecule has 2 nitrogen and oxygen atoms in total. The second kappa shape index (κ2) is 6.31. The third kappa shape index (κ3) is 3.34. The van der Waals surface area contributed by atoms with Crippen molar-refractivity contribution < 1.29 is 4.74 Å². The Bertz CT molecular complexity index is 686. The van der Waals surface area contributed by atoms with E-state index in [1.54, 1.807) is 0 Å². The first-order valence-electron chi connectivity index (χ1n) is 7.25. The lowest BCUT2D eigenvalue weighted by Crippen LogP contribution is -2.01. The largest absolute Gasteiger partial charge is 0.493 e. The van der Waals surface area contributed by atoms with E-state index in [0.29, 0.717) is 6.61 Å². The SMILES string of the molecule is Cc1[nH]c(-c2ccccc2)cc1CCOc1ccccc1. The summed E-state index contributed by atoms with van der Waals surface area (Å²) in [7, 11) is 0. The standard InChI is InChI=1S/C19H19NO/c1-15-17(12-13-21-18-10-6-3-7-11-18)14-19(20-15)16-8-4-2-5-9-16/h2-11,14,20H,12-13H2,1H3. The zero-order chi connectivity index (χ0) is 14.5. The number of hydrogen-bond acceptors (Lipinski definition) is 1. The van der Waals surface area contributed by atoms with Crippen molar-refractivity contribution in [1.29, 1.82) is 0 Å². The number of para-hydroxylation sites is 1. The Morgan fingerprint density at radius 1 is 0.905 bits per heavy atom. The molecule has 0 saturated carbocycles. The molecule has 2 aromatic carbocycles. The normalized spacial score (nSPS) is 10.5. The van der Waals surface area contributed by atoms with E-state index in [1.807, 2.05) is 36.4 Å². The number of rotatable bonds is 5.